The maximum absolute atomic E-state index is 12.9. The lowest BCUT2D eigenvalue weighted by atomic mass is 10.0. The van der Waals surface area contributed by atoms with Gasteiger partial charge >= 0.3 is 0 Å². The van der Waals surface area contributed by atoms with E-state index < -0.39 is 0 Å². The van der Waals surface area contributed by atoms with E-state index >= 15 is 0 Å². The molecule has 0 saturated carbocycles. The summed E-state index contributed by atoms with van der Waals surface area (Å²) in [5.74, 6) is 0.800. The van der Waals surface area contributed by atoms with E-state index in [9.17, 15) is 4.79 Å². The molecule has 0 aliphatic carbocycles. The van der Waals surface area contributed by atoms with Gasteiger partial charge in [0.05, 0.1) is 37.0 Å². The Morgan fingerprint density at radius 2 is 1.94 bits per heavy atom. The molecule has 0 radical (unpaired) electrons. The van der Waals surface area contributed by atoms with Crippen molar-refractivity contribution in [3.05, 3.63) is 66.2 Å². The van der Waals surface area contributed by atoms with Gasteiger partial charge < -0.3 is 9.64 Å². The molecule has 0 amide bonds. The Morgan fingerprint density at radius 1 is 1.06 bits per heavy atom. The number of rotatable bonds is 5. The van der Waals surface area contributed by atoms with E-state index in [1.54, 1.807) is 16.9 Å². The lowest BCUT2D eigenvalue weighted by Crippen LogP contribution is -2.36. The molecule has 8 nitrogen and oxygen atoms in total. The van der Waals surface area contributed by atoms with Gasteiger partial charge in [0.15, 0.2) is 5.78 Å². The summed E-state index contributed by atoms with van der Waals surface area (Å²) in [6, 6.07) is 11.5. The number of aromatic nitrogens is 5. The first-order valence-electron chi connectivity index (χ1n) is 10.2. The summed E-state index contributed by atoms with van der Waals surface area (Å²) in [5.41, 5.74) is 4.15. The third-order valence-corrected chi connectivity index (χ3v) is 5.42. The van der Waals surface area contributed by atoms with E-state index in [2.05, 4.69) is 31.2 Å². The second kappa shape index (κ2) is 8.23. The van der Waals surface area contributed by atoms with Crippen LogP contribution in [0.3, 0.4) is 0 Å². The normalized spacial score (nSPS) is 14.2. The number of pyridine rings is 1. The topological polar surface area (TPSA) is 86.0 Å². The molecular formula is C23H22N6O2. The maximum atomic E-state index is 12.9. The van der Waals surface area contributed by atoms with Crippen molar-refractivity contribution >= 4 is 22.5 Å². The summed E-state index contributed by atoms with van der Waals surface area (Å²) in [7, 11) is 1.89. The van der Waals surface area contributed by atoms with E-state index in [4.69, 9.17) is 4.74 Å². The highest BCUT2D eigenvalue weighted by Crippen LogP contribution is 2.23. The third-order valence-electron chi connectivity index (χ3n) is 5.42. The second-order valence-electron chi connectivity index (χ2n) is 7.61. The molecule has 8 heteroatoms. The van der Waals surface area contributed by atoms with Crippen molar-refractivity contribution in [1.82, 2.24) is 25.0 Å². The zero-order valence-corrected chi connectivity index (χ0v) is 17.2. The monoisotopic (exact) mass is 414 g/mol. The molecule has 0 bridgehead atoms. The number of ether oxygens (including phenoxy) is 1. The van der Waals surface area contributed by atoms with Gasteiger partial charge in [-0.05, 0) is 35.9 Å². The van der Waals surface area contributed by atoms with Crippen LogP contribution < -0.4 is 4.90 Å². The minimum absolute atomic E-state index is 0.00558. The van der Waals surface area contributed by atoms with Gasteiger partial charge in [-0.25, -0.2) is 4.98 Å². The van der Waals surface area contributed by atoms with Gasteiger partial charge in [-0.2, -0.15) is 15.3 Å². The average Bonchev–Trinajstić information content (AvgIpc) is 3.25. The van der Waals surface area contributed by atoms with Crippen LogP contribution in [-0.2, 0) is 18.2 Å². The number of aryl methyl sites for hydroxylation is 1. The summed E-state index contributed by atoms with van der Waals surface area (Å²) in [4.78, 5) is 19.5. The van der Waals surface area contributed by atoms with E-state index in [0.717, 1.165) is 40.9 Å². The fraction of sp³-hybridized carbons (Fsp3) is 0.261. The molecule has 1 aromatic carbocycles. The van der Waals surface area contributed by atoms with E-state index in [1.807, 2.05) is 43.7 Å². The van der Waals surface area contributed by atoms with Crippen LogP contribution in [0.2, 0.25) is 0 Å². The zero-order valence-electron chi connectivity index (χ0n) is 17.2. The Balaban J connectivity index is 1.37. The van der Waals surface area contributed by atoms with Crippen molar-refractivity contribution in [2.24, 2.45) is 7.05 Å². The maximum Gasteiger partial charge on any atom is 0.169 e. The minimum atomic E-state index is -0.00558. The lowest BCUT2D eigenvalue weighted by Gasteiger charge is -2.27. The molecule has 0 N–H and O–H groups in total. The first kappa shape index (κ1) is 19.3. The Bertz CT molecular complexity index is 1250. The molecular weight excluding hydrogens is 392 g/mol. The highest BCUT2D eigenvalue weighted by molar-refractivity contribution is 5.98. The Hall–Kier alpha value is -3.65. The van der Waals surface area contributed by atoms with Crippen LogP contribution in [0.5, 0.6) is 0 Å². The largest absolute Gasteiger partial charge is 0.378 e. The molecule has 0 unspecified atom stereocenters. The van der Waals surface area contributed by atoms with Gasteiger partial charge in [-0.1, -0.05) is 6.07 Å². The quantitative estimate of drug-likeness (QED) is 0.464. The number of nitrogens with zero attached hydrogens (tertiary/aromatic N) is 6. The van der Waals surface area contributed by atoms with Crippen molar-refractivity contribution in [1.29, 1.82) is 0 Å². The van der Waals surface area contributed by atoms with E-state index in [0.29, 0.717) is 24.5 Å². The fourth-order valence-corrected chi connectivity index (χ4v) is 3.75. The number of carbonyl (C=O) groups excluding carboxylic acids is 1. The molecule has 0 spiro atoms. The SMILES string of the molecule is Cn1cc(-c2ccc3nnc(CC(=O)c4ccnc(N5CCOCC5)c4)cc3c2)cn1. The van der Waals surface area contributed by atoms with Gasteiger partial charge in [0.1, 0.15) is 5.82 Å². The van der Waals surface area contributed by atoms with Crippen molar-refractivity contribution < 1.29 is 9.53 Å². The first-order chi connectivity index (χ1) is 15.2. The molecule has 31 heavy (non-hydrogen) atoms. The van der Waals surface area contributed by atoms with Crippen molar-refractivity contribution in [2.45, 2.75) is 6.42 Å². The molecule has 3 aromatic heterocycles. The molecule has 5 rings (SSSR count). The third kappa shape index (κ3) is 4.15. The van der Waals surface area contributed by atoms with Crippen LogP contribution in [0.15, 0.2) is 55.0 Å². The van der Waals surface area contributed by atoms with Crippen LogP contribution in [-0.4, -0.2) is 57.0 Å². The summed E-state index contributed by atoms with van der Waals surface area (Å²) in [6.07, 6.45) is 5.67. The van der Waals surface area contributed by atoms with Crippen LogP contribution >= 0.6 is 0 Å². The number of anilines is 1. The number of benzene rings is 1. The molecule has 1 aliphatic heterocycles. The van der Waals surface area contributed by atoms with Gasteiger partial charge in [0, 0.05) is 49.0 Å². The highest BCUT2D eigenvalue weighted by Gasteiger charge is 2.16. The van der Waals surface area contributed by atoms with E-state index in [-0.39, 0.29) is 12.2 Å². The van der Waals surface area contributed by atoms with Gasteiger partial charge in [-0.15, -0.1) is 0 Å². The summed E-state index contributed by atoms with van der Waals surface area (Å²) in [5, 5.41) is 13.7. The van der Waals surface area contributed by atoms with Crippen LogP contribution in [0, 0.1) is 0 Å². The minimum Gasteiger partial charge on any atom is -0.378 e. The first-order valence-corrected chi connectivity index (χ1v) is 10.2. The number of hydrogen-bond acceptors (Lipinski definition) is 7. The molecule has 1 aliphatic rings. The molecule has 4 heterocycles. The smallest absolute Gasteiger partial charge is 0.169 e. The molecule has 1 fully saturated rings. The summed E-state index contributed by atoms with van der Waals surface area (Å²) >= 11 is 0. The van der Waals surface area contributed by atoms with E-state index in [1.165, 1.54) is 0 Å². The Kier molecular flexibility index (Phi) is 5.13. The van der Waals surface area contributed by atoms with Crippen LogP contribution in [0.1, 0.15) is 16.1 Å². The van der Waals surface area contributed by atoms with Crippen molar-refractivity contribution in [3.8, 4) is 11.1 Å². The number of fused-ring (bicyclic) bond motifs is 1. The molecule has 1 saturated heterocycles. The summed E-state index contributed by atoms with van der Waals surface area (Å²) < 4.78 is 7.17. The predicted octanol–water partition coefficient (Wildman–Crippen LogP) is 2.69. The second-order valence-corrected chi connectivity index (χ2v) is 7.61. The lowest BCUT2D eigenvalue weighted by molar-refractivity contribution is 0.0991. The van der Waals surface area contributed by atoms with Gasteiger partial charge in [-0.3, -0.25) is 9.48 Å². The van der Waals surface area contributed by atoms with Crippen molar-refractivity contribution in [2.75, 3.05) is 31.2 Å². The zero-order chi connectivity index (χ0) is 21.2. The predicted molar refractivity (Wildman–Crippen MR) is 117 cm³/mol. The Labute approximate surface area is 179 Å². The fourth-order valence-electron chi connectivity index (χ4n) is 3.75. The molecule has 0 atom stereocenters. The van der Waals surface area contributed by atoms with Crippen LogP contribution in [0.25, 0.3) is 22.0 Å². The molecule has 156 valence electrons. The van der Waals surface area contributed by atoms with Gasteiger partial charge in [0.25, 0.3) is 0 Å². The number of hydrogen-bond donors (Lipinski definition) is 0. The Morgan fingerprint density at radius 3 is 2.74 bits per heavy atom. The number of ketones is 1. The number of morpholine rings is 1. The molecule has 4 aromatic rings. The van der Waals surface area contributed by atoms with Crippen LogP contribution in [0.4, 0.5) is 5.82 Å². The number of carbonyl (C=O) groups is 1. The standard InChI is InChI=1S/C23H22N6O2/c1-28-15-19(14-25-28)16-2-3-21-18(10-16)11-20(26-27-21)13-22(30)17-4-5-24-23(12-17)29-6-8-31-9-7-29/h2-5,10-12,14-15H,6-9,13H2,1H3. The number of Topliss-reactive ketones (excluding diaryl/α,β-unsaturated/α-hetero) is 1. The summed E-state index contributed by atoms with van der Waals surface area (Å²) in [6.45, 7) is 2.90. The van der Waals surface area contributed by atoms with Gasteiger partial charge in [0.2, 0.25) is 0 Å². The van der Waals surface area contributed by atoms with Crippen molar-refractivity contribution in [3.63, 3.8) is 0 Å². The average molecular weight is 414 g/mol. The highest BCUT2D eigenvalue weighted by atomic mass is 16.5.